The number of aromatic carboxylic acids is 1. The average Bonchev–Trinajstić information content (AvgIpc) is 2.45. The van der Waals surface area contributed by atoms with Gasteiger partial charge in [-0.2, -0.15) is 0 Å². The molecule has 0 aromatic heterocycles. The first-order valence-corrected chi connectivity index (χ1v) is 6.70. The first-order chi connectivity index (χ1) is 10.3. The number of hydrogen-bond donors (Lipinski definition) is 1. The quantitative estimate of drug-likeness (QED) is 0.757. The van der Waals surface area contributed by atoms with Crippen LogP contribution in [0.15, 0.2) is 36.4 Å². The standard InChI is InChI=1S/C7H3Cl2FO.C7H4ClFO2/c8-5-3-1-2-4(6(5)10)7(9)11;8-5-3-1-2-4(6(5)9)7(10)11/h1-3H;1-3H,(H,10,11). The SMILES string of the molecule is O=C(Cl)c1cccc(Cl)c1F.O=C(O)c1cccc(Cl)c1F. The molecule has 0 radical (unpaired) electrons. The van der Waals surface area contributed by atoms with Gasteiger partial charge >= 0.3 is 5.97 Å². The third-order valence-electron chi connectivity index (χ3n) is 2.35. The molecule has 0 bridgehead atoms. The van der Waals surface area contributed by atoms with Crippen LogP contribution in [0.2, 0.25) is 10.0 Å². The van der Waals surface area contributed by atoms with E-state index >= 15 is 0 Å². The van der Waals surface area contributed by atoms with Crippen molar-refractivity contribution >= 4 is 46.0 Å². The smallest absolute Gasteiger partial charge is 0.338 e. The Hall–Kier alpha value is -1.69. The van der Waals surface area contributed by atoms with Crippen LogP contribution in [-0.4, -0.2) is 16.3 Å². The molecule has 1 N–H and O–H groups in total. The Bertz CT molecular complexity index is 659. The molecule has 0 heterocycles. The number of carbonyl (C=O) groups excluding carboxylic acids is 1. The Kier molecular flexibility index (Phi) is 6.74. The van der Waals surface area contributed by atoms with E-state index in [1.54, 1.807) is 0 Å². The normalized spacial score (nSPS) is 9.68. The van der Waals surface area contributed by atoms with Crippen LogP contribution < -0.4 is 0 Å². The van der Waals surface area contributed by atoms with E-state index in [0.29, 0.717) is 0 Å². The lowest BCUT2D eigenvalue weighted by atomic mass is 10.2. The van der Waals surface area contributed by atoms with E-state index in [2.05, 4.69) is 0 Å². The van der Waals surface area contributed by atoms with Gasteiger partial charge in [0, 0.05) is 0 Å². The molecule has 0 fully saturated rings. The van der Waals surface area contributed by atoms with Crippen LogP contribution in [-0.2, 0) is 0 Å². The zero-order valence-corrected chi connectivity index (χ0v) is 12.9. The van der Waals surface area contributed by atoms with E-state index in [1.165, 1.54) is 30.3 Å². The fourth-order valence-corrected chi connectivity index (χ4v) is 1.82. The van der Waals surface area contributed by atoms with E-state index in [-0.39, 0.29) is 15.6 Å². The zero-order chi connectivity index (χ0) is 16.9. The molecule has 0 aliphatic rings. The summed E-state index contributed by atoms with van der Waals surface area (Å²) in [6, 6.07) is 7.92. The molecule has 0 unspecified atom stereocenters. The lowest BCUT2D eigenvalue weighted by molar-refractivity contribution is 0.0691. The molecular weight excluding hydrogens is 361 g/mol. The molecule has 2 aromatic carbocycles. The van der Waals surface area contributed by atoms with Gasteiger partial charge in [0.05, 0.1) is 21.2 Å². The fraction of sp³-hybridized carbons (Fsp3) is 0. The molecule has 0 saturated carbocycles. The van der Waals surface area contributed by atoms with Crippen molar-refractivity contribution in [2.45, 2.75) is 0 Å². The van der Waals surface area contributed by atoms with E-state index < -0.39 is 28.4 Å². The third-order valence-corrected chi connectivity index (χ3v) is 3.13. The predicted molar refractivity (Wildman–Crippen MR) is 80.0 cm³/mol. The van der Waals surface area contributed by atoms with E-state index in [9.17, 15) is 18.4 Å². The second-order valence-electron chi connectivity index (χ2n) is 3.78. The number of carbonyl (C=O) groups is 2. The highest BCUT2D eigenvalue weighted by Gasteiger charge is 2.11. The molecular formula is C14H7Cl3F2O3. The summed E-state index contributed by atoms with van der Waals surface area (Å²) in [5.74, 6) is -2.97. The van der Waals surface area contributed by atoms with Crippen molar-refractivity contribution in [3.8, 4) is 0 Å². The van der Waals surface area contributed by atoms with Gasteiger partial charge in [-0.15, -0.1) is 0 Å². The Morgan fingerprint density at radius 2 is 1.27 bits per heavy atom. The molecule has 8 heteroatoms. The van der Waals surface area contributed by atoms with Gasteiger partial charge in [0.25, 0.3) is 5.24 Å². The summed E-state index contributed by atoms with van der Waals surface area (Å²) in [5.41, 5.74) is -0.600. The highest BCUT2D eigenvalue weighted by molar-refractivity contribution is 6.67. The van der Waals surface area contributed by atoms with Gasteiger partial charge in [-0.1, -0.05) is 35.3 Å². The highest BCUT2D eigenvalue weighted by atomic mass is 35.5. The summed E-state index contributed by atoms with van der Waals surface area (Å²) >= 11 is 15.7. The lowest BCUT2D eigenvalue weighted by Crippen LogP contribution is -1.99. The van der Waals surface area contributed by atoms with Crippen molar-refractivity contribution in [1.29, 1.82) is 0 Å². The fourth-order valence-electron chi connectivity index (χ4n) is 1.32. The summed E-state index contributed by atoms with van der Waals surface area (Å²) in [6.45, 7) is 0. The number of carboxylic acid groups (broad SMARTS) is 1. The minimum Gasteiger partial charge on any atom is -0.478 e. The second-order valence-corrected chi connectivity index (χ2v) is 4.94. The molecule has 116 valence electrons. The highest BCUT2D eigenvalue weighted by Crippen LogP contribution is 2.19. The maximum absolute atomic E-state index is 12.8. The van der Waals surface area contributed by atoms with Gasteiger partial charge in [-0.05, 0) is 35.9 Å². The minimum atomic E-state index is -1.31. The van der Waals surface area contributed by atoms with Crippen molar-refractivity contribution < 1.29 is 23.5 Å². The molecule has 2 aromatic rings. The van der Waals surface area contributed by atoms with Crippen LogP contribution in [0.1, 0.15) is 20.7 Å². The average molecular weight is 368 g/mol. The summed E-state index contributed by atoms with van der Waals surface area (Å²) in [7, 11) is 0. The summed E-state index contributed by atoms with van der Waals surface area (Å²) in [4.78, 5) is 20.8. The van der Waals surface area contributed by atoms with Crippen LogP contribution in [0.4, 0.5) is 8.78 Å². The molecule has 0 atom stereocenters. The molecule has 0 amide bonds. The van der Waals surface area contributed by atoms with Crippen molar-refractivity contribution in [1.82, 2.24) is 0 Å². The molecule has 3 nitrogen and oxygen atoms in total. The Labute approximate surface area is 139 Å². The van der Waals surface area contributed by atoms with Gasteiger partial charge in [0.1, 0.15) is 0 Å². The molecule has 0 spiro atoms. The van der Waals surface area contributed by atoms with E-state index in [1.807, 2.05) is 0 Å². The van der Waals surface area contributed by atoms with Crippen molar-refractivity contribution in [2.75, 3.05) is 0 Å². The Balaban J connectivity index is 0.000000220. The van der Waals surface area contributed by atoms with E-state index in [0.717, 1.165) is 6.07 Å². The second kappa shape index (κ2) is 8.08. The van der Waals surface area contributed by atoms with Gasteiger partial charge in [0.15, 0.2) is 11.6 Å². The number of rotatable bonds is 2. The van der Waals surface area contributed by atoms with Gasteiger partial charge in [0.2, 0.25) is 0 Å². The number of hydrogen-bond acceptors (Lipinski definition) is 2. The Morgan fingerprint density at radius 1 is 0.864 bits per heavy atom. The van der Waals surface area contributed by atoms with Crippen molar-refractivity contribution in [3.63, 3.8) is 0 Å². The van der Waals surface area contributed by atoms with E-state index in [4.69, 9.17) is 39.9 Å². The molecule has 0 saturated heterocycles. The monoisotopic (exact) mass is 366 g/mol. The molecule has 0 aliphatic carbocycles. The van der Waals surface area contributed by atoms with Gasteiger partial charge in [-0.25, -0.2) is 13.6 Å². The molecule has 0 aliphatic heterocycles. The lowest BCUT2D eigenvalue weighted by Gasteiger charge is -1.96. The van der Waals surface area contributed by atoms with Crippen LogP contribution >= 0.6 is 34.8 Å². The van der Waals surface area contributed by atoms with Crippen LogP contribution in [0.3, 0.4) is 0 Å². The number of carboxylic acids is 1. The molecule has 2 rings (SSSR count). The maximum Gasteiger partial charge on any atom is 0.338 e. The van der Waals surface area contributed by atoms with Crippen LogP contribution in [0.5, 0.6) is 0 Å². The Morgan fingerprint density at radius 3 is 1.59 bits per heavy atom. The van der Waals surface area contributed by atoms with Crippen molar-refractivity contribution in [3.05, 3.63) is 69.2 Å². The van der Waals surface area contributed by atoms with Gasteiger partial charge < -0.3 is 5.11 Å². The third kappa shape index (κ3) is 4.66. The summed E-state index contributed by atoms with van der Waals surface area (Å²) < 4.78 is 25.6. The number of benzene rings is 2. The number of halogens is 5. The van der Waals surface area contributed by atoms with Crippen LogP contribution in [0.25, 0.3) is 0 Å². The maximum atomic E-state index is 12.8. The van der Waals surface area contributed by atoms with Crippen molar-refractivity contribution in [2.24, 2.45) is 0 Å². The summed E-state index contributed by atoms with van der Waals surface area (Å²) in [6.07, 6.45) is 0. The minimum absolute atomic E-state index is 0.100. The zero-order valence-electron chi connectivity index (χ0n) is 10.6. The first-order valence-electron chi connectivity index (χ1n) is 5.56. The molecule has 22 heavy (non-hydrogen) atoms. The first kappa shape index (κ1) is 18.4. The topological polar surface area (TPSA) is 54.4 Å². The van der Waals surface area contributed by atoms with Crippen LogP contribution in [0, 0.1) is 11.6 Å². The van der Waals surface area contributed by atoms with Gasteiger partial charge in [-0.3, -0.25) is 4.79 Å². The largest absolute Gasteiger partial charge is 0.478 e. The predicted octanol–water partition coefficient (Wildman–Crippen LogP) is 5.04. The summed E-state index contributed by atoms with van der Waals surface area (Å²) in [5, 5.41) is 7.27.